The summed E-state index contributed by atoms with van der Waals surface area (Å²) in [6.45, 7) is 7.13. The lowest BCUT2D eigenvalue weighted by molar-refractivity contribution is -0.131. The summed E-state index contributed by atoms with van der Waals surface area (Å²) in [6, 6.07) is 11.6. The number of carbonyl (C=O) groups is 1. The summed E-state index contributed by atoms with van der Waals surface area (Å²) in [4.78, 5) is 29.1. The van der Waals surface area contributed by atoms with Gasteiger partial charge in [0.15, 0.2) is 5.82 Å². The second-order valence-corrected chi connectivity index (χ2v) is 8.00. The molecule has 0 radical (unpaired) electrons. The smallest absolute Gasteiger partial charge is 0.308 e. The van der Waals surface area contributed by atoms with Crippen molar-refractivity contribution < 1.29 is 9.53 Å². The van der Waals surface area contributed by atoms with E-state index in [0.717, 1.165) is 27.8 Å². The number of hydrogen-bond acceptors (Lipinski definition) is 6. The molecule has 0 unspecified atom stereocenters. The predicted molar refractivity (Wildman–Crippen MR) is 113 cm³/mol. The molecule has 0 bridgehead atoms. The highest BCUT2D eigenvalue weighted by molar-refractivity contribution is 7.15. The molecular formula is C22H19N3O3S. The standard InChI is InChI=1S/C22H19N3O3S/c1-12-6-5-7-17(8-12)20-23-22-25(24-20)21(27)18(29-22)11-16-9-13(2)19(14(3)10-16)28-15(4)26/h5-11H,1-4H3/b18-11-. The van der Waals surface area contributed by atoms with Crippen LogP contribution in [0.1, 0.15) is 29.2 Å². The fourth-order valence-corrected chi connectivity index (χ4v) is 4.17. The molecule has 6 nitrogen and oxygen atoms in total. The molecule has 2 heterocycles. The van der Waals surface area contributed by atoms with E-state index < -0.39 is 0 Å². The molecular weight excluding hydrogens is 386 g/mol. The Kier molecular flexibility index (Phi) is 4.76. The number of aromatic nitrogens is 3. The van der Waals surface area contributed by atoms with Crippen LogP contribution in [0.25, 0.3) is 22.4 Å². The van der Waals surface area contributed by atoms with Crippen LogP contribution in [0.15, 0.2) is 41.2 Å². The monoisotopic (exact) mass is 405 g/mol. The van der Waals surface area contributed by atoms with E-state index in [9.17, 15) is 9.59 Å². The Labute approximate surface area is 171 Å². The van der Waals surface area contributed by atoms with Crippen molar-refractivity contribution in [3.8, 4) is 17.1 Å². The van der Waals surface area contributed by atoms with E-state index in [1.807, 2.05) is 63.2 Å². The van der Waals surface area contributed by atoms with Gasteiger partial charge in [0.25, 0.3) is 5.56 Å². The lowest BCUT2D eigenvalue weighted by Gasteiger charge is -2.10. The minimum absolute atomic E-state index is 0.198. The quantitative estimate of drug-likeness (QED) is 0.387. The number of carbonyl (C=O) groups excluding carboxylic acids is 1. The maximum atomic E-state index is 12.8. The first kappa shape index (κ1) is 19.0. The minimum atomic E-state index is -0.357. The van der Waals surface area contributed by atoms with E-state index in [-0.39, 0.29) is 11.5 Å². The highest BCUT2D eigenvalue weighted by Crippen LogP contribution is 2.25. The molecule has 0 aliphatic heterocycles. The van der Waals surface area contributed by atoms with E-state index >= 15 is 0 Å². The second kappa shape index (κ2) is 7.25. The number of thiazole rings is 1. The van der Waals surface area contributed by atoms with Gasteiger partial charge in [-0.05, 0) is 61.7 Å². The van der Waals surface area contributed by atoms with Crippen LogP contribution in [0.4, 0.5) is 0 Å². The largest absolute Gasteiger partial charge is 0.426 e. The Morgan fingerprint density at radius 2 is 1.86 bits per heavy atom. The summed E-state index contributed by atoms with van der Waals surface area (Å²) in [6.07, 6.45) is 1.81. The number of aryl methyl sites for hydroxylation is 3. The third-order valence-corrected chi connectivity index (χ3v) is 5.44. The number of nitrogens with zero attached hydrogens (tertiary/aromatic N) is 3. The topological polar surface area (TPSA) is 73.6 Å². The summed E-state index contributed by atoms with van der Waals surface area (Å²) in [5.74, 6) is 0.744. The van der Waals surface area contributed by atoms with E-state index in [1.54, 1.807) is 0 Å². The predicted octanol–water partition coefficient (Wildman–Crippen LogP) is 3.22. The molecule has 0 spiro atoms. The van der Waals surface area contributed by atoms with E-state index in [4.69, 9.17) is 4.74 Å². The maximum Gasteiger partial charge on any atom is 0.308 e. The van der Waals surface area contributed by atoms with Gasteiger partial charge >= 0.3 is 5.97 Å². The minimum Gasteiger partial charge on any atom is -0.426 e. The molecule has 0 amide bonds. The van der Waals surface area contributed by atoms with Crippen LogP contribution < -0.4 is 14.8 Å². The van der Waals surface area contributed by atoms with Gasteiger partial charge in [0.2, 0.25) is 4.96 Å². The fraction of sp³-hybridized carbons (Fsp3) is 0.182. The lowest BCUT2D eigenvalue weighted by Crippen LogP contribution is -2.23. The SMILES string of the molecule is CC(=O)Oc1c(C)cc(/C=c2\sc3nc(-c4cccc(C)c4)nn3c2=O)cc1C. The van der Waals surface area contributed by atoms with E-state index in [0.29, 0.717) is 21.1 Å². The van der Waals surface area contributed by atoms with Crippen molar-refractivity contribution in [3.05, 3.63) is 73.5 Å². The molecule has 7 heteroatoms. The number of rotatable bonds is 3. The molecule has 0 fully saturated rings. The molecule has 0 saturated carbocycles. The maximum absolute atomic E-state index is 12.8. The normalized spacial score (nSPS) is 11.9. The Hall–Kier alpha value is -3.32. The van der Waals surface area contributed by atoms with Gasteiger partial charge < -0.3 is 4.74 Å². The molecule has 0 saturated heterocycles. The van der Waals surface area contributed by atoms with Crippen LogP contribution >= 0.6 is 11.3 Å². The van der Waals surface area contributed by atoms with Crippen molar-refractivity contribution in [1.29, 1.82) is 0 Å². The van der Waals surface area contributed by atoms with Crippen LogP contribution in [0.2, 0.25) is 0 Å². The Morgan fingerprint density at radius 3 is 2.48 bits per heavy atom. The molecule has 0 atom stereocenters. The number of fused-ring (bicyclic) bond motifs is 1. The van der Waals surface area contributed by atoms with Gasteiger partial charge in [-0.1, -0.05) is 35.1 Å². The number of esters is 1. The number of hydrogen-bond donors (Lipinski definition) is 0. The van der Waals surface area contributed by atoms with Gasteiger partial charge in [-0.3, -0.25) is 9.59 Å². The zero-order chi connectivity index (χ0) is 20.7. The second-order valence-electron chi connectivity index (χ2n) is 6.99. The molecule has 4 aromatic rings. The molecule has 0 aliphatic carbocycles. The van der Waals surface area contributed by atoms with Crippen molar-refractivity contribution >= 4 is 28.3 Å². The Balaban J connectivity index is 1.76. The molecule has 0 N–H and O–H groups in total. The average Bonchev–Trinajstić information content (AvgIpc) is 3.18. The van der Waals surface area contributed by atoms with Gasteiger partial charge in [0.05, 0.1) is 4.53 Å². The van der Waals surface area contributed by atoms with Crippen molar-refractivity contribution in [2.45, 2.75) is 27.7 Å². The summed E-state index contributed by atoms with van der Waals surface area (Å²) in [5.41, 5.74) is 4.32. The molecule has 4 rings (SSSR count). The lowest BCUT2D eigenvalue weighted by atomic mass is 10.1. The summed E-state index contributed by atoms with van der Waals surface area (Å²) >= 11 is 1.30. The van der Waals surface area contributed by atoms with Crippen molar-refractivity contribution in [1.82, 2.24) is 14.6 Å². The highest BCUT2D eigenvalue weighted by atomic mass is 32.1. The number of ether oxygens (including phenoxy) is 1. The van der Waals surface area contributed by atoms with Gasteiger partial charge in [-0.2, -0.15) is 9.50 Å². The van der Waals surface area contributed by atoms with Crippen molar-refractivity contribution in [3.63, 3.8) is 0 Å². The van der Waals surface area contributed by atoms with Crippen LogP contribution in [0, 0.1) is 20.8 Å². The van der Waals surface area contributed by atoms with Gasteiger partial charge in [0.1, 0.15) is 5.75 Å². The first-order chi connectivity index (χ1) is 13.8. The molecule has 146 valence electrons. The summed E-state index contributed by atoms with van der Waals surface area (Å²) in [5, 5.41) is 4.39. The number of benzene rings is 2. The first-order valence-corrected chi connectivity index (χ1v) is 9.91. The molecule has 0 aliphatic rings. The third kappa shape index (κ3) is 3.69. The van der Waals surface area contributed by atoms with Crippen LogP contribution in [0.3, 0.4) is 0 Å². The summed E-state index contributed by atoms with van der Waals surface area (Å²) < 4.78 is 7.17. The van der Waals surface area contributed by atoms with Crippen LogP contribution in [0.5, 0.6) is 5.75 Å². The third-order valence-electron chi connectivity index (χ3n) is 4.48. The molecule has 29 heavy (non-hydrogen) atoms. The molecule has 2 aromatic carbocycles. The fourth-order valence-electron chi connectivity index (χ4n) is 3.26. The average molecular weight is 405 g/mol. The zero-order valence-electron chi connectivity index (χ0n) is 16.5. The van der Waals surface area contributed by atoms with Gasteiger partial charge in [0, 0.05) is 12.5 Å². The summed E-state index contributed by atoms with van der Waals surface area (Å²) in [7, 11) is 0. The zero-order valence-corrected chi connectivity index (χ0v) is 17.3. The Bertz CT molecular complexity index is 1340. The van der Waals surface area contributed by atoms with Gasteiger partial charge in [-0.15, -0.1) is 5.10 Å². The van der Waals surface area contributed by atoms with Crippen molar-refractivity contribution in [2.75, 3.05) is 0 Å². The molecule has 2 aromatic heterocycles. The van der Waals surface area contributed by atoms with E-state index in [2.05, 4.69) is 10.1 Å². The van der Waals surface area contributed by atoms with Gasteiger partial charge in [-0.25, -0.2) is 0 Å². The Morgan fingerprint density at radius 1 is 1.14 bits per heavy atom. The first-order valence-electron chi connectivity index (χ1n) is 9.10. The van der Waals surface area contributed by atoms with E-state index in [1.165, 1.54) is 22.8 Å². The van der Waals surface area contributed by atoms with Crippen molar-refractivity contribution in [2.24, 2.45) is 0 Å². The van der Waals surface area contributed by atoms with Crippen LogP contribution in [-0.4, -0.2) is 20.6 Å². The van der Waals surface area contributed by atoms with Crippen LogP contribution in [-0.2, 0) is 4.79 Å². The highest BCUT2D eigenvalue weighted by Gasteiger charge is 2.13.